The number of fused-ring (bicyclic) bond motifs is 1. The van der Waals surface area contributed by atoms with E-state index >= 15 is 0 Å². The Labute approximate surface area is 141 Å². The van der Waals surface area contributed by atoms with Crippen LogP contribution in [0.2, 0.25) is 0 Å². The molecule has 0 saturated carbocycles. The number of amides is 1. The van der Waals surface area contributed by atoms with E-state index in [2.05, 4.69) is 24.1 Å². The number of hydrogen-bond donors (Lipinski definition) is 1. The summed E-state index contributed by atoms with van der Waals surface area (Å²) in [5.74, 6) is 0.831. The molecule has 0 bridgehead atoms. The average molecular weight is 320 g/mol. The normalized spacial score (nSPS) is 10.8. The van der Waals surface area contributed by atoms with Crippen LogP contribution in [0.1, 0.15) is 24.3 Å². The largest absolute Gasteiger partial charge is 0.491 e. The third kappa shape index (κ3) is 3.71. The molecule has 1 aromatic heterocycles. The van der Waals surface area contributed by atoms with Crippen molar-refractivity contribution >= 4 is 22.5 Å². The maximum Gasteiger partial charge on any atom is 0.274 e. The number of ether oxygens (including phenoxy) is 1. The first kappa shape index (κ1) is 16.0. The highest BCUT2D eigenvalue weighted by Crippen LogP contribution is 2.25. The number of para-hydroxylation sites is 3. The second kappa shape index (κ2) is 7.13. The highest BCUT2D eigenvalue weighted by Gasteiger charge is 2.12. The lowest BCUT2D eigenvalue weighted by Gasteiger charge is -2.13. The second-order valence-corrected chi connectivity index (χ2v) is 6.04. The molecule has 0 saturated heterocycles. The van der Waals surface area contributed by atoms with Gasteiger partial charge >= 0.3 is 0 Å². The molecule has 2 aromatic carbocycles. The zero-order chi connectivity index (χ0) is 16.9. The number of carbonyl (C=O) groups excluding carboxylic acids is 1. The highest BCUT2D eigenvalue weighted by atomic mass is 16.5. The third-order valence-electron chi connectivity index (χ3n) is 3.54. The van der Waals surface area contributed by atoms with Crippen LogP contribution in [0.3, 0.4) is 0 Å². The first-order chi connectivity index (χ1) is 11.6. The Morgan fingerprint density at radius 2 is 1.79 bits per heavy atom. The first-order valence-corrected chi connectivity index (χ1v) is 8.02. The second-order valence-electron chi connectivity index (χ2n) is 6.04. The van der Waals surface area contributed by atoms with E-state index in [9.17, 15) is 4.79 Å². The Bertz CT molecular complexity index is 859. The van der Waals surface area contributed by atoms with E-state index in [0.29, 0.717) is 29.7 Å². The lowest BCUT2D eigenvalue weighted by molar-refractivity contribution is 0.102. The molecule has 0 aliphatic rings. The Morgan fingerprint density at radius 3 is 2.62 bits per heavy atom. The molecule has 122 valence electrons. The maximum absolute atomic E-state index is 12.5. The molecule has 24 heavy (non-hydrogen) atoms. The molecule has 1 heterocycles. The van der Waals surface area contributed by atoms with Gasteiger partial charge in [-0.3, -0.25) is 4.79 Å². The number of benzene rings is 2. The van der Waals surface area contributed by atoms with Crippen molar-refractivity contribution in [3.8, 4) is 5.75 Å². The van der Waals surface area contributed by atoms with E-state index in [4.69, 9.17) is 4.74 Å². The van der Waals surface area contributed by atoms with Gasteiger partial charge in [0.05, 0.1) is 17.8 Å². The number of anilines is 1. The summed E-state index contributed by atoms with van der Waals surface area (Å²) in [4.78, 5) is 16.9. The molecule has 1 amide bonds. The van der Waals surface area contributed by atoms with Crippen molar-refractivity contribution in [1.82, 2.24) is 4.98 Å². The van der Waals surface area contributed by atoms with Gasteiger partial charge in [0.25, 0.3) is 5.91 Å². The SMILES string of the molecule is CC(C)COc1ccccc1NC(=O)c1ccc2ccccc2n1. The molecule has 3 rings (SSSR count). The monoisotopic (exact) mass is 320 g/mol. The van der Waals surface area contributed by atoms with Gasteiger partial charge < -0.3 is 10.1 Å². The van der Waals surface area contributed by atoms with Crippen LogP contribution in [0.5, 0.6) is 5.75 Å². The van der Waals surface area contributed by atoms with E-state index in [1.165, 1.54) is 0 Å². The fourth-order valence-electron chi connectivity index (χ4n) is 2.33. The van der Waals surface area contributed by atoms with Gasteiger partial charge in [0.2, 0.25) is 0 Å². The van der Waals surface area contributed by atoms with Crippen molar-refractivity contribution in [2.45, 2.75) is 13.8 Å². The number of aromatic nitrogens is 1. The minimum absolute atomic E-state index is 0.249. The van der Waals surface area contributed by atoms with Crippen LogP contribution >= 0.6 is 0 Å². The van der Waals surface area contributed by atoms with E-state index in [1.807, 2.05) is 54.6 Å². The standard InChI is InChI=1S/C20H20N2O2/c1-14(2)13-24-19-10-6-5-9-17(19)22-20(23)18-12-11-15-7-3-4-8-16(15)21-18/h3-12,14H,13H2,1-2H3,(H,22,23). The molecule has 0 spiro atoms. The summed E-state index contributed by atoms with van der Waals surface area (Å²) in [7, 11) is 0. The number of nitrogens with zero attached hydrogens (tertiary/aromatic N) is 1. The molecule has 4 heteroatoms. The Hall–Kier alpha value is -2.88. The van der Waals surface area contributed by atoms with Crippen molar-refractivity contribution in [2.24, 2.45) is 5.92 Å². The molecule has 3 aromatic rings. The van der Waals surface area contributed by atoms with Gasteiger partial charge in [-0.1, -0.05) is 50.2 Å². The van der Waals surface area contributed by atoms with Gasteiger partial charge in [-0.25, -0.2) is 4.98 Å². The van der Waals surface area contributed by atoms with Crippen LogP contribution in [0.4, 0.5) is 5.69 Å². The van der Waals surface area contributed by atoms with Gasteiger partial charge in [-0.2, -0.15) is 0 Å². The molecule has 1 N–H and O–H groups in total. The highest BCUT2D eigenvalue weighted by molar-refractivity contribution is 6.04. The molecular weight excluding hydrogens is 300 g/mol. The Kier molecular flexibility index (Phi) is 4.75. The third-order valence-corrected chi connectivity index (χ3v) is 3.54. The van der Waals surface area contributed by atoms with Crippen LogP contribution in [0.25, 0.3) is 10.9 Å². The molecule has 4 nitrogen and oxygen atoms in total. The number of nitrogens with one attached hydrogen (secondary N) is 1. The zero-order valence-corrected chi connectivity index (χ0v) is 13.8. The smallest absolute Gasteiger partial charge is 0.274 e. The summed E-state index contributed by atoms with van der Waals surface area (Å²) in [6.45, 7) is 4.77. The molecule has 0 atom stereocenters. The van der Waals surface area contributed by atoms with Crippen molar-refractivity contribution in [3.05, 3.63) is 66.4 Å². The van der Waals surface area contributed by atoms with Crippen LogP contribution in [-0.4, -0.2) is 17.5 Å². The molecular formula is C20H20N2O2. The lowest BCUT2D eigenvalue weighted by Crippen LogP contribution is -2.15. The molecule has 0 aliphatic heterocycles. The van der Waals surface area contributed by atoms with Crippen LogP contribution in [0, 0.1) is 5.92 Å². The summed E-state index contributed by atoms with van der Waals surface area (Å²) in [5, 5.41) is 3.90. The lowest BCUT2D eigenvalue weighted by atomic mass is 10.2. The zero-order valence-electron chi connectivity index (χ0n) is 13.8. The maximum atomic E-state index is 12.5. The van der Waals surface area contributed by atoms with Crippen molar-refractivity contribution < 1.29 is 9.53 Å². The number of hydrogen-bond acceptors (Lipinski definition) is 3. The molecule has 0 unspecified atom stereocenters. The minimum atomic E-state index is -0.249. The van der Waals surface area contributed by atoms with E-state index < -0.39 is 0 Å². The Morgan fingerprint density at radius 1 is 1.04 bits per heavy atom. The van der Waals surface area contributed by atoms with E-state index in [-0.39, 0.29) is 5.91 Å². The average Bonchev–Trinajstić information content (AvgIpc) is 2.60. The van der Waals surface area contributed by atoms with Gasteiger partial charge in [0, 0.05) is 5.39 Å². The predicted molar refractivity (Wildman–Crippen MR) is 96.5 cm³/mol. The number of pyridine rings is 1. The summed E-state index contributed by atoms with van der Waals surface area (Å²) in [6.07, 6.45) is 0. The van der Waals surface area contributed by atoms with Crippen molar-refractivity contribution in [1.29, 1.82) is 0 Å². The van der Waals surface area contributed by atoms with E-state index in [1.54, 1.807) is 6.07 Å². The molecule has 0 radical (unpaired) electrons. The fourth-order valence-corrected chi connectivity index (χ4v) is 2.33. The van der Waals surface area contributed by atoms with Gasteiger partial charge in [0.15, 0.2) is 0 Å². The molecule has 0 fully saturated rings. The number of carbonyl (C=O) groups is 1. The summed E-state index contributed by atoms with van der Waals surface area (Å²) in [6, 6.07) is 18.8. The van der Waals surface area contributed by atoms with E-state index in [0.717, 1.165) is 10.9 Å². The van der Waals surface area contributed by atoms with Gasteiger partial charge in [-0.05, 0) is 30.2 Å². The van der Waals surface area contributed by atoms with Crippen LogP contribution in [0.15, 0.2) is 60.7 Å². The van der Waals surface area contributed by atoms with Crippen LogP contribution in [-0.2, 0) is 0 Å². The summed E-state index contributed by atoms with van der Waals surface area (Å²) in [5.41, 5.74) is 1.83. The number of rotatable bonds is 5. The fraction of sp³-hybridized carbons (Fsp3) is 0.200. The summed E-state index contributed by atoms with van der Waals surface area (Å²) >= 11 is 0. The summed E-state index contributed by atoms with van der Waals surface area (Å²) < 4.78 is 5.77. The quantitative estimate of drug-likeness (QED) is 0.752. The Balaban J connectivity index is 1.81. The first-order valence-electron chi connectivity index (χ1n) is 8.02. The topological polar surface area (TPSA) is 51.2 Å². The van der Waals surface area contributed by atoms with Gasteiger partial charge in [0.1, 0.15) is 11.4 Å². The van der Waals surface area contributed by atoms with Crippen LogP contribution < -0.4 is 10.1 Å². The minimum Gasteiger partial charge on any atom is -0.491 e. The van der Waals surface area contributed by atoms with Crippen molar-refractivity contribution in [2.75, 3.05) is 11.9 Å². The van der Waals surface area contributed by atoms with Gasteiger partial charge in [-0.15, -0.1) is 0 Å². The molecule has 0 aliphatic carbocycles. The van der Waals surface area contributed by atoms with Crippen molar-refractivity contribution in [3.63, 3.8) is 0 Å². The predicted octanol–water partition coefficient (Wildman–Crippen LogP) is 4.52.